The van der Waals surface area contributed by atoms with Crippen molar-refractivity contribution in [2.24, 2.45) is 0 Å². The van der Waals surface area contributed by atoms with Crippen LogP contribution < -0.4 is 24.8 Å². The van der Waals surface area contributed by atoms with Gasteiger partial charge in [0.05, 0.1) is 0 Å². The fraction of sp³-hybridized carbons (Fsp3) is 0.0690. The molecule has 0 aliphatic carbocycles. The second-order valence-electron chi connectivity index (χ2n) is 7.74. The molecule has 0 radical (unpaired) electrons. The molecule has 0 N–H and O–H groups in total. The SMILES string of the molecule is Cc1c2b[c-]ccc2cc2ccccc12.Cc1c2b[c-]ccc2cc2ccccc12.[CH2]=[Zr+2].[Cl-].[Cl-]. The van der Waals surface area contributed by atoms with Gasteiger partial charge in [-0.2, -0.15) is 0 Å². The molecule has 4 aromatic carbocycles. The zero-order valence-corrected chi connectivity index (χ0v) is 23.2. The van der Waals surface area contributed by atoms with Gasteiger partial charge in [-0.3, -0.25) is 0 Å². The van der Waals surface area contributed by atoms with E-state index in [-0.39, 0.29) is 24.8 Å². The van der Waals surface area contributed by atoms with Crippen LogP contribution in [0.5, 0.6) is 0 Å². The van der Waals surface area contributed by atoms with E-state index >= 15 is 0 Å². The minimum absolute atomic E-state index is 0. The van der Waals surface area contributed by atoms with E-state index in [4.69, 9.17) is 0 Å². The molecule has 0 saturated carbocycles. The topological polar surface area (TPSA) is 0 Å². The largest absolute Gasteiger partial charge is 1.00 e. The van der Waals surface area contributed by atoms with Crippen LogP contribution >= 0.6 is 0 Å². The van der Waals surface area contributed by atoms with E-state index in [1.165, 1.54) is 78.2 Å². The molecule has 6 aromatic rings. The van der Waals surface area contributed by atoms with E-state index < -0.39 is 0 Å². The molecule has 0 fully saturated rings. The Morgan fingerprint density at radius 2 is 0.971 bits per heavy atom. The summed E-state index contributed by atoms with van der Waals surface area (Å²) in [5, 5.41) is 10.5. The van der Waals surface area contributed by atoms with Gasteiger partial charge in [-0.25, -0.2) is 0 Å². The number of hydrogen-bond acceptors (Lipinski definition) is 0. The molecule has 2 heterocycles. The Morgan fingerprint density at radius 3 is 1.38 bits per heavy atom. The van der Waals surface area contributed by atoms with E-state index in [0.717, 1.165) is 0 Å². The van der Waals surface area contributed by atoms with Gasteiger partial charge in [0.25, 0.3) is 0 Å². The predicted molar refractivity (Wildman–Crippen MR) is 140 cm³/mol. The molecule has 2 aromatic heterocycles. The molecule has 5 heteroatoms. The number of aryl methyl sites for hydroxylation is 2. The molecule has 0 nitrogen and oxygen atoms in total. The van der Waals surface area contributed by atoms with Crippen molar-refractivity contribution >= 4 is 60.9 Å². The van der Waals surface area contributed by atoms with Crippen molar-refractivity contribution in [3.63, 3.8) is 0 Å². The van der Waals surface area contributed by atoms with Gasteiger partial charge in [-0.05, 0) is 0 Å². The van der Waals surface area contributed by atoms with Crippen LogP contribution in [0.2, 0.25) is 0 Å². The van der Waals surface area contributed by atoms with Crippen molar-refractivity contribution in [1.29, 1.82) is 0 Å². The Morgan fingerprint density at radius 1 is 0.588 bits per heavy atom. The third-order valence-corrected chi connectivity index (χ3v) is 5.96. The maximum Gasteiger partial charge on any atom is -1.00 e. The molecule has 0 aliphatic heterocycles. The summed E-state index contributed by atoms with van der Waals surface area (Å²) in [4.78, 5) is 0. The van der Waals surface area contributed by atoms with Gasteiger partial charge in [-0.1, -0.05) is 0 Å². The van der Waals surface area contributed by atoms with Crippen molar-refractivity contribution in [2.75, 3.05) is 0 Å². The van der Waals surface area contributed by atoms with Gasteiger partial charge in [-0.15, -0.1) is 0 Å². The molecule has 0 amide bonds. The Kier molecular flexibility index (Phi) is 11.0. The van der Waals surface area contributed by atoms with Crippen LogP contribution in [0.4, 0.5) is 0 Å². The van der Waals surface area contributed by atoms with Crippen molar-refractivity contribution in [3.05, 3.63) is 108 Å². The summed E-state index contributed by atoms with van der Waals surface area (Å²) in [6.07, 6.45) is 0. The fourth-order valence-corrected chi connectivity index (χ4v) is 4.34. The smallest absolute Gasteiger partial charge is 1.00 e. The molecule has 0 unspecified atom stereocenters. The molecule has 0 aliphatic rings. The normalized spacial score (nSPS) is 9.65. The Labute approximate surface area is 230 Å². The Hall–Kier alpha value is -1.92. The first-order valence-corrected chi connectivity index (χ1v) is 12.4. The minimum Gasteiger partial charge on any atom is -1.00 e. The van der Waals surface area contributed by atoms with E-state index in [2.05, 4.69) is 117 Å². The summed E-state index contributed by atoms with van der Waals surface area (Å²) in [5.74, 6) is 6.28. The van der Waals surface area contributed by atoms with Crippen molar-refractivity contribution < 1.29 is 49.0 Å². The predicted octanol–water partition coefficient (Wildman–Crippen LogP) is 0.853. The second-order valence-corrected chi connectivity index (χ2v) is 7.74. The van der Waals surface area contributed by atoms with Gasteiger partial charge >= 0.3 is 207 Å². The summed E-state index contributed by atoms with van der Waals surface area (Å²) in [6.45, 7) is 8.49. The fourth-order valence-electron chi connectivity index (χ4n) is 4.34. The van der Waals surface area contributed by atoms with Crippen LogP contribution in [0, 0.1) is 25.8 Å². The molecule has 6 rings (SSSR count). The van der Waals surface area contributed by atoms with Crippen molar-refractivity contribution in [2.45, 2.75) is 13.8 Å². The van der Waals surface area contributed by atoms with Gasteiger partial charge in [0, 0.05) is 0 Å². The minimum atomic E-state index is 0. The maximum absolute atomic E-state index is 3.34. The van der Waals surface area contributed by atoms with Gasteiger partial charge in [0.15, 0.2) is 0 Å². The van der Waals surface area contributed by atoms with Gasteiger partial charge in [0.1, 0.15) is 0 Å². The van der Waals surface area contributed by atoms with Crippen LogP contribution in [-0.2, 0) is 24.2 Å². The number of halogens is 2. The van der Waals surface area contributed by atoms with Crippen molar-refractivity contribution in [1.82, 2.24) is 0 Å². The zero-order chi connectivity index (χ0) is 22.5. The van der Waals surface area contributed by atoms with Crippen LogP contribution in [-0.4, -0.2) is 18.0 Å². The summed E-state index contributed by atoms with van der Waals surface area (Å²) < 4.78 is 3.34. The summed E-state index contributed by atoms with van der Waals surface area (Å²) in [7, 11) is 0. The van der Waals surface area contributed by atoms with Crippen LogP contribution in [0.1, 0.15) is 11.1 Å². The summed E-state index contributed by atoms with van der Waals surface area (Å²) >= 11 is 1.30. The van der Waals surface area contributed by atoms with Crippen LogP contribution in [0.3, 0.4) is 0 Å². The third-order valence-electron chi connectivity index (χ3n) is 5.96. The maximum atomic E-state index is 3.34. The second kappa shape index (κ2) is 13.2. The van der Waals surface area contributed by atoms with E-state index in [1.807, 2.05) is 12.1 Å². The average molecular weight is 554 g/mol. The molecule has 0 saturated heterocycles. The first-order valence-electron chi connectivity index (χ1n) is 10.6. The molecular formula is C29H22B2Cl2Zr-2. The first-order chi connectivity index (χ1) is 15.7. The number of fused-ring (bicyclic) bond motifs is 4. The van der Waals surface area contributed by atoms with Crippen LogP contribution in [0.25, 0.3) is 42.9 Å². The number of rotatable bonds is 0. The van der Waals surface area contributed by atoms with E-state index in [0.29, 0.717) is 0 Å². The zero-order valence-electron chi connectivity index (χ0n) is 19.2. The summed E-state index contributed by atoms with van der Waals surface area (Å²) in [5.41, 5.74) is 2.69. The Balaban J connectivity index is 0.000000212. The average Bonchev–Trinajstić information content (AvgIpc) is 2.86. The summed E-state index contributed by atoms with van der Waals surface area (Å²) in [6, 6.07) is 29.7. The monoisotopic (exact) mass is 552 g/mol. The molecule has 0 spiro atoms. The van der Waals surface area contributed by atoms with Gasteiger partial charge < -0.3 is 24.8 Å². The first kappa shape index (κ1) is 28.3. The van der Waals surface area contributed by atoms with Crippen molar-refractivity contribution in [3.8, 4) is 0 Å². The third kappa shape index (κ3) is 5.83. The molecule has 0 atom stereocenters. The van der Waals surface area contributed by atoms with E-state index in [9.17, 15) is 0 Å². The van der Waals surface area contributed by atoms with Crippen LogP contribution in [0.15, 0.2) is 84.9 Å². The van der Waals surface area contributed by atoms with E-state index in [1.54, 1.807) is 0 Å². The van der Waals surface area contributed by atoms with Gasteiger partial charge in [0.2, 0.25) is 0 Å². The number of benzene rings is 4. The molecule has 164 valence electrons. The molecule has 0 bridgehead atoms. The molecular weight excluding hydrogens is 532 g/mol. The molecule has 34 heavy (non-hydrogen) atoms. The number of hydrogen-bond donors (Lipinski definition) is 0. The standard InChI is InChI=1S/2C14H10B.CH2.2ClH.Zr/c2*1-10-13-7-3-2-5-11(13)9-12-6-4-8-15-14(10)12;;;;/h2*2-7,9H,1H3;1H2;2*1H;/q2*-1;;;;+2/p-2. The quantitative estimate of drug-likeness (QED) is 0.193. The Bertz CT molecular complexity index is 1330.